The molecule has 0 N–H and O–H groups in total. The Morgan fingerprint density at radius 3 is 2.18 bits per heavy atom. The van der Waals surface area contributed by atoms with E-state index in [4.69, 9.17) is 34.8 Å². The average Bonchev–Trinajstić information content (AvgIpc) is 2.29. The van der Waals surface area contributed by atoms with Crippen LogP contribution in [0.3, 0.4) is 0 Å². The summed E-state index contributed by atoms with van der Waals surface area (Å²) in [5.41, 5.74) is 0.535. The van der Waals surface area contributed by atoms with E-state index in [1.807, 2.05) is 0 Å². The topological polar surface area (TPSA) is 25.8 Å². The van der Waals surface area contributed by atoms with E-state index < -0.39 is 5.82 Å². The molecule has 0 aliphatic heterocycles. The average molecular weight is 356 g/mol. The van der Waals surface area contributed by atoms with E-state index in [1.54, 1.807) is 0 Å². The van der Waals surface area contributed by atoms with Crippen molar-refractivity contribution in [2.45, 2.75) is 0 Å². The van der Waals surface area contributed by atoms with Crippen molar-refractivity contribution in [3.05, 3.63) is 43.8 Å². The Morgan fingerprint density at radius 1 is 1.06 bits per heavy atom. The molecule has 2 aromatic rings. The van der Waals surface area contributed by atoms with Gasteiger partial charge in [-0.1, -0.05) is 34.8 Å². The van der Waals surface area contributed by atoms with Crippen LogP contribution in [0.15, 0.2) is 22.7 Å². The van der Waals surface area contributed by atoms with Crippen molar-refractivity contribution in [1.29, 1.82) is 0 Å². The van der Waals surface area contributed by atoms with Gasteiger partial charge in [0.2, 0.25) is 0 Å². The summed E-state index contributed by atoms with van der Waals surface area (Å²) in [6, 6.07) is 4.13. The molecule has 0 aliphatic rings. The van der Waals surface area contributed by atoms with Gasteiger partial charge in [-0.25, -0.2) is 14.4 Å². The maximum absolute atomic E-state index is 13.0. The SMILES string of the molecule is Fc1ccc(-c2nc(Cl)c(Br)c(Cl)n2)cc1Cl. The Morgan fingerprint density at radius 2 is 1.65 bits per heavy atom. The lowest BCUT2D eigenvalue weighted by Gasteiger charge is -2.04. The number of nitrogens with zero attached hydrogens (tertiary/aromatic N) is 2. The van der Waals surface area contributed by atoms with Crippen LogP contribution in [0.4, 0.5) is 4.39 Å². The number of hydrogen-bond acceptors (Lipinski definition) is 2. The zero-order valence-electron chi connectivity index (χ0n) is 8.02. The van der Waals surface area contributed by atoms with Crippen LogP contribution in [0.2, 0.25) is 15.3 Å². The quantitative estimate of drug-likeness (QED) is 0.672. The maximum Gasteiger partial charge on any atom is 0.162 e. The van der Waals surface area contributed by atoms with Crippen LogP contribution in [0.5, 0.6) is 0 Å². The molecule has 17 heavy (non-hydrogen) atoms. The molecule has 0 saturated carbocycles. The first-order valence-corrected chi connectivity index (χ1v) is 6.25. The number of aromatic nitrogens is 2. The lowest BCUT2D eigenvalue weighted by atomic mass is 10.2. The van der Waals surface area contributed by atoms with Gasteiger partial charge in [-0.2, -0.15) is 0 Å². The maximum atomic E-state index is 13.0. The summed E-state index contributed by atoms with van der Waals surface area (Å²) in [5, 5.41) is 0.349. The Balaban J connectivity index is 2.57. The highest BCUT2D eigenvalue weighted by Gasteiger charge is 2.11. The van der Waals surface area contributed by atoms with Crippen molar-refractivity contribution in [1.82, 2.24) is 9.97 Å². The molecule has 0 aliphatic carbocycles. The first kappa shape index (κ1) is 13.0. The predicted octanol–water partition coefficient (Wildman–Crippen LogP) is 5.01. The minimum Gasteiger partial charge on any atom is -0.215 e. The summed E-state index contributed by atoms with van der Waals surface area (Å²) in [6.07, 6.45) is 0. The lowest BCUT2D eigenvalue weighted by molar-refractivity contribution is 0.628. The number of benzene rings is 1. The van der Waals surface area contributed by atoms with Gasteiger partial charge < -0.3 is 0 Å². The molecule has 1 heterocycles. The fourth-order valence-corrected chi connectivity index (χ4v) is 1.90. The highest BCUT2D eigenvalue weighted by atomic mass is 79.9. The van der Waals surface area contributed by atoms with Crippen LogP contribution in [-0.2, 0) is 0 Å². The second-order valence-electron chi connectivity index (χ2n) is 3.07. The third kappa shape index (κ3) is 2.71. The van der Waals surface area contributed by atoms with Crippen molar-refractivity contribution in [3.8, 4) is 11.4 Å². The zero-order chi connectivity index (χ0) is 12.6. The highest BCUT2D eigenvalue weighted by molar-refractivity contribution is 9.10. The monoisotopic (exact) mass is 354 g/mol. The smallest absolute Gasteiger partial charge is 0.162 e. The minimum absolute atomic E-state index is 0.0127. The molecule has 7 heteroatoms. The van der Waals surface area contributed by atoms with Crippen molar-refractivity contribution < 1.29 is 4.39 Å². The van der Waals surface area contributed by atoms with Crippen molar-refractivity contribution in [2.24, 2.45) is 0 Å². The Hall–Kier alpha value is -0.420. The van der Waals surface area contributed by atoms with E-state index in [0.29, 0.717) is 10.0 Å². The van der Waals surface area contributed by atoms with Gasteiger partial charge in [-0.15, -0.1) is 0 Å². The first-order valence-electron chi connectivity index (χ1n) is 4.33. The van der Waals surface area contributed by atoms with Crippen LogP contribution < -0.4 is 0 Å². The molecular weight excluding hydrogens is 353 g/mol. The highest BCUT2D eigenvalue weighted by Crippen LogP contribution is 2.30. The predicted molar refractivity (Wildman–Crippen MR) is 70.2 cm³/mol. The molecule has 88 valence electrons. The summed E-state index contributed by atoms with van der Waals surface area (Å²) in [6.45, 7) is 0. The minimum atomic E-state index is -0.510. The van der Waals surface area contributed by atoms with E-state index in [9.17, 15) is 4.39 Å². The Bertz CT molecular complexity index is 569. The van der Waals surface area contributed by atoms with Crippen LogP contribution in [0.25, 0.3) is 11.4 Å². The van der Waals surface area contributed by atoms with E-state index in [0.717, 1.165) is 0 Å². The molecule has 0 saturated heterocycles. The molecule has 2 nitrogen and oxygen atoms in total. The molecule has 0 bridgehead atoms. The summed E-state index contributed by atoms with van der Waals surface area (Å²) >= 11 is 20.5. The summed E-state index contributed by atoms with van der Waals surface area (Å²) < 4.78 is 13.4. The standard InChI is InChI=1S/C10H3BrCl3FN2/c11-7-8(13)16-10(17-9(7)14)4-1-2-6(15)5(12)3-4/h1-3H. The van der Waals surface area contributed by atoms with Crippen LogP contribution in [-0.4, -0.2) is 9.97 Å². The molecule has 0 amide bonds. The summed E-state index contributed by atoms with van der Waals surface area (Å²) in [4.78, 5) is 8.03. The molecule has 0 atom stereocenters. The second-order valence-corrected chi connectivity index (χ2v) is 4.99. The molecule has 1 aromatic heterocycles. The third-order valence-electron chi connectivity index (χ3n) is 1.95. The van der Waals surface area contributed by atoms with Gasteiger partial charge >= 0.3 is 0 Å². The van der Waals surface area contributed by atoms with Crippen molar-refractivity contribution >= 4 is 50.7 Å². The van der Waals surface area contributed by atoms with Crippen LogP contribution in [0.1, 0.15) is 0 Å². The molecular formula is C10H3BrCl3FN2. The number of halogens is 5. The fraction of sp³-hybridized carbons (Fsp3) is 0. The van der Waals surface area contributed by atoms with E-state index in [-0.39, 0.29) is 21.2 Å². The Labute approximate surface area is 120 Å². The lowest BCUT2D eigenvalue weighted by Crippen LogP contribution is -1.92. The van der Waals surface area contributed by atoms with Gasteiger partial charge in [0.05, 0.1) is 9.50 Å². The van der Waals surface area contributed by atoms with Gasteiger partial charge in [0.1, 0.15) is 16.1 Å². The molecule has 0 spiro atoms. The zero-order valence-corrected chi connectivity index (χ0v) is 11.9. The van der Waals surface area contributed by atoms with Gasteiger partial charge in [0.15, 0.2) is 5.82 Å². The van der Waals surface area contributed by atoms with Gasteiger partial charge in [-0.3, -0.25) is 0 Å². The van der Waals surface area contributed by atoms with E-state index in [2.05, 4.69) is 25.9 Å². The van der Waals surface area contributed by atoms with E-state index >= 15 is 0 Å². The normalized spacial score (nSPS) is 10.6. The van der Waals surface area contributed by atoms with Gasteiger partial charge in [-0.05, 0) is 34.1 Å². The molecule has 1 aromatic carbocycles. The third-order valence-corrected chi connectivity index (χ3v) is 3.99. The van der Waals surface area contributed by atoms with Crippen molar-refractivity contribution in [3.63, 3.8) is 0 Å². The fourth-order valence-electron chi connectivity index (χ4n) is 1.16. The molecule has 0 unspecified atom stereocenters. The number of rotatable bonds is 1. The van der Waals surface area contributed by atoms with E-state index in [1.165, 1.54) is 18.2 Å². The van der Waals surface area contributed by atoms with Crippen LogP contribution in [0, 0.1) is 5.82 Å². The van der Waals surface area contributed by atoms with Crippen LogP contribution >= 0.6 is 50.7 Å². The second kappa shape index (κ2) is 5.06. The Kier molecular flexibility index (Phi) is 3.88. The molecule has 2 rings (SSSR count). The largest absolute Gasteiger partial charge is 0.215 e. The molecule has 0 fully saturated rings. The molecule has 0 radical (unpaired) electrons. The van der Waals surface area contributed by atoms with Gasteiger partial charge in [0, 0.05) is 5.56 Å². The van der Waals surface area contributed by atoms with Gasteiger partial charge in [0.25, 0.3) is 0 Å². The number of hydrogen-bond donors (Lipinski definition) is 0. The van der Waals surface area contributed by atoms with Crippen molar-refractivity contribution in [2.75, 3.05) is 0 Å². The summed E-state index contributed by atoms with van der Waals surface area (Å²) in [7, 11) is 0. The first-order chi connectivity index (χ1) is 7.99. The summed E-state index contributed by atoms with van der Waals surface area (Å²) in [5.74, 6) is -0.227.